The Bertz CT molecular complexity index is 327. The second kappa shape index (κ2) is 3.71. The zero-order valence-electron chi connectivity index (χ0n) is 9.95. The molecule has 1 saturated heterocycles. The molecule has 0 bridgehead atoms. The summed E-state index contributed by atoms with van der Waals surface area (Å²) in [5.41, 5.74) is -1.10. The molecule has 0 spiro atoms. The van der Waals surface area contributed by atoms with E-state index in [0.717, 1.165) is 0 Å². The summed E-state index contributed by atoms with van der Waals surface area (Å²) >= 11 is 0. The van der Waals surface area contributed by atoms with Crippen LogP contribution in [0.3, 0.4) is 0 Å². The Labute approximate surface area is 92.3 Å². The van der Waals surface area contributed by atoms with Crippen molar-refractivity contribution in [3.63, 3.8) is 0 Å². The van der Waals surface area contributed by atoms with Crippen LogP contribution in [0.4, 0.5) is 0 Å². The Morgan fingerprint density at radius 2 is 1.93 bits per heavy atom. The third kappa shape index (κ3) is 3.74. The highest BCUT2D eigenvalue weighted by atomic mass is 32.2. The Hall–Kier alpha value is -0.130. The monoisotopic (exact) mass is 235 g/mol. The molecule has 1 aliphatic rings. The van der Waals surface area contributed by atoms with Gasteiger partial charge in [-0.15, -0.1) is 0 Å². The molecule has 0 aliphatic carbocycles. The highest BCUT2D eigenvalue weighted by molar-refractivity contribution is 7.89. The van der Waals surface area contributed by atoms with Gasteiger partial charge in [0.2, 0.25) is 10.0 Å². The summed E-state index contributed by atoms with van der Waals surface area (Å²) in [6.45, 7) is 8.05. The van der Waals surface area contributed by atoms with Crippen molar-refractivity contribution in [3.05, 3.63) is 0 Å². The Kier molecular flexibility index (Phi) is 3.20. The summed E-state index contributed by atoms with van der Waals surface area (Å²) in [5, 5.41) is 9.72. The van der Waals surface area contributed by atoms with Gasteiger partial charge in [-0.05, 0) is 18.8 Å². The molecule has 1 rings (SSSR count). The van der Waals surface area contributed by atoms with Crippen LogP contribution in [0.2, 0.25) is 0 Å². The highest BCUT2D eigenvalue weighted by Crippen LogP contribution is 2.26. The van der Waals surface area contributed by atoms with Gasteiger partial charge in [0.05, 0.1) is 11.4 Å². The van der Waals surface area contributed by atoms with E-state index in [1.165, 1.54) is 4.31 Å². The van der Waals surface area contributed by atoms with Crippen LogP contribution in [-0.2, 0) is 10.0 Å². The van der Waals surface area contributed by atoms with E-state index in [9.17, 15) is 13.5 Å². The van der Waals surface area contributed by atoms with Gasteiger partial charge in [0.15, 0.2) is 0 Å². The second-order valence-electron chi connectivity index (χ2n) is 5.90. The predicted octanol–water partition coefficient (Wildman–Crippen LogP) is 0.819. The van der Waals surface area contributed by atoms with E-state index >= 15 is 0 Å². The van der Waals surface area contributed by atoms with Crippen LogP contribution >= 0.6 is 0 Å². The van der Waals surface area contributed by atoms with E-state index in [-0.39, 0.29) is 17.7 Å². The van der Waals surface area contributed by atoms with Crippen LogP contribution in [-0.4, -0.2) is 42.3 Å². The number of nitrogens with zero attached hydrogens (tertiary/aromatic N) is 1. The number of hydrogen-bond donors (Lipinski definition) is 1. The molecule has 1 unspecified atom stereocenters. The first-order valence-corrected chi connectivity index (χ1v) is 6.83. The van der Waals surface area contributed by atoms with Crippen molar-refractivity contribution >= 4 is 10.0 Å². The molecular formula is C10H21NO3S. The SMILES string of the molecule is CC(C)(C)CS(=O)(=O)N1CCC(C)(O)C1. The number of hydrogen-bond acceptors (Lipinski definition) is 3. The maximum absolute atomic E-state index is 12.0. The minimum absolute atomic E-state index is 0.135. The molecule has 0 aromatic heterocycles. The van der Waals surface area contributed by atoms with Crippen molar-refractivity contribution in [1.82, 2.24) is 4.31 Å². The van der Waals surface area contributed by atoms with Gasteiger partial charge in [-0.25, -0.2) is 8.42 Å². The van der Waals surface area contributed by atoms with Gasteiger partial charge in [0.25, 0.3) is 0 Å². The van der Waals surface area contributed by atoms with Gasteiger partial charge >= 0.3 is 0 Å². The Balaban J connectivity index is 2.73. The molecule has 1 N–H and O–H groups in total. The highest BCUT2D eigenvalue weighted by Gasteiger charge is 2.38. The Morgan fingerprint density at radius 3 is 2.27 bits per heavy atom. The lowest BCUT2D eigenvalue weighted by molar-refractivity contribution is 0.0762. The standard InChI is InChI=1S/C10H21NO3S/c1-9(2,3)8-15(13,14)11-6-5-10(4,12)7-11/h12H,5-8H2,1-4H3. The van der Waals surface area contributed by atoms with Crippen LogP contribution in [0.1, 0.15) is 34.1 Å². The van der Waals surface area contributed by atoms with Gasteiger partial charge in [-0.3, -0.25) is 0 Å². The van der Waals surface area contributed by atoms with Crippen molar-refractivity contribution in [1.29, 1.82) is 0 Å². The first-order chi connectivity index (χ1) is 6.52. The van der Waals surface area contributed by atoms with E-state index < -0.39 is 15.6 Å². The minimum atomic E-state index is -3.22. The third-order valence-corrected chi connectivity index (χ3v) is 4.75. The van der Waals surface area contributed by atoms with E-state index in [1.807, 2.05) is 20.8 Å². The van der Waals surface area contributed by atoms with Gasteiger partial charge in [0.1, 0.15) is 0 Å². The lowest BCUT2D eigenvalue weighted by Gasteiger charge is -2.24. The fourth-order valence-electron chi connectivity index (χ4n) is 1.78. The third-order valence-electron chi connectivity index (χ3n) is 2.43. The average molecular weight is 235 g/mol. The van der Waals surface area contributed by atoms with Crippen LogP contribution in [0.5, 0.6) is 0 Å². The van der Waals surface area contributed by atoms with Crippen molar-refractivity contribution < 1.29 is 13.5 Å². The molecule has 4 nitrogen and oxygen atoms in total. The molecule has 0 aromatic rings. The Morgan fingerprint density at radius 1 is 1.40 bits per heavy atom. The quantitative estimate of drug-likeness (QED) is 0.771. The van der Waals surface area contributed by atoms with Crippen molar-refractivity contribution in [2.75, 3.05) is 18.8 Å². The van der Waals surface area contributed by atoms with E-state index in [2.05, 4.69) is 0 Å². The lowest BCUT2D eigenvalue weighted by atomic mass is 10.0. The van der Waals surface area contributed by atoms with Gasteiger partial charge < -0.3 is 5.11 Å². The zero-order chi connectivity index (χ0) is 11.9. The fraction of sp³-hybridized carbons (Fsp3) is 1.00. The van der Waals surface area contributed by atoms with E-state index in [0.29, 0.717) is 13.0 Å². The molecule has 15 heavy (non-hydrogen) atoms. The normalized spacial score (nSPS) is 29.7. The molecule has 90 valence electrons. The molecule has 0 saturated carbocycles. The van der Waals surface area contributed by atoms with Crippen LogP contribution in [0, 0.1) is 5.41 Å². The smallest absolute Gasteiger partial charge is 0.214 e. The predicted molar refractivity (Wildman–Crippen MR) is 60.1 cm³/mol. The largest absolute Gasteiger partial charge is 0.389 e. The first kappa shape index (κ1) is 12.9. The van der Waals surface area contributed by atoms with Crippen LogP contribution in [0.25, 0.3) is 0 Å². The number of rotatable bonds is 2. The van der Waals surface area contributed by atoms with Gasteiger partial charge in [-0.1, -0.05) is 20.8 Å². The van der Waals surface area contributed by atoms with Crippen LogP contribution in [0.15, 0.2) is 0 Å². The summed E-state index contributed by atoms with van der Waals surface area (Å²) in [6.07, 6.45) is 0.524. The number of aliphatic hydroxyl groups is 1. The van der Waals surface area contributed by atoms with Gasteiger partial charge in [-0.2, -0.15) is 4.31 Å². The molecule has 0 radical (unpaired) electrons. The lowest BCUT2D eigenvalue weighted by Crippen LogP contribution is -2.38. The summed E-state index contributed by atoms with van der Waals surface area (Å²) in [4.78, 5) is 0. The van der Waals surface area contributed by atoms with Crippen molar-refractivity contribution in [2.24, 2.45) is 5.41 Å². The topological polar surface area (TPSA) is 57.6 Å². The maximum atomic E-state index is 12.0. The van der Waals surface area contributed by atoms with Crippen molar-refractivity contribution in [2.45, 2.75) is 39.7 Å². The van der Waals surface area contributed by atoms with Crippen LogP contribution < -0.4 is 0 Å². The average Bonchev–Trinajstić information content (AvgIpc) is 2.25. The molecule has 0 aromatic carbocycles. The molecule has 0 amide bonds. The maximum Gasteiger partial charge on any atom is 0.214 e. The first-order valence-electron chi connectivity index (χ1n) is 5.22. The van der Waals surface area contributed by atoms with Gasteiger partial charge in [0, 0.05) is 13.1 Å². The minimum Gasteiger partial charge on any atom is -0.389 e. The molecule has 1 fully saturated rings. The molecule has 1 aliphatic heterocycles. The van der Waals surface area contributed by atoms with E-state index in [4.69, 9.17) is 0 Å². The van der Waals surface area contributed by atoms with E-state index in [1.54, 1.807) is 6.92 Å². The van der Waals surface area contributed by atoms with Crippen molar-refractivity contribution in [3.8, 4) is 0 Å². The number of sulfonamides is 1. The summed E-state index contributed by atoms with van der Waals surface area (Å²) in [5.74, 6) is 0.135. The number of β-amino-alcohol motifs (C(OH)–C–C–N with tert-alkyl or cyclic N) is 1. The second-order valence-corrected chi connectivity index (χ2v) is 7.87. The summed E-state index contributed by atoms with van der Waals surface area (Å²) < 4.78 is 25.3. The fourth-order valence-corrected chi connectivity index (χ4v) is 3.90. The molecule has 5 heteroatoms. The molecule has 1 atom stereocenters. The molecular weight excluding hydrogens is 214 g/mol. The zero-order valence-corrected chi connectivity index (χ0v) is 10.8. The summed E-state index contributed by atoms with van der Waals surface area (Å²) in [6, 6.07) is 0. The molecule has 1 heterocycles. The summed E-state index contributed by atoms with van der Waals surface area (Å²) in [7, 11) is -3.22.